The molecule has 3 aromatic rings. The number of fused-ring (bicyclic) bond motifs is 1. The van der Waals surface area contributed by atoms with E-state index in [1.165, 1.54) is 0 Å². The molecule has 0 aromatic heterocycles. The number of ether oxygens (including phenoxy) is 3. The lowest BCUT2D eigenvalue weighted by Crippen LogP contribution is -2.37. The SMILES string of the molecule is O=C(CN1CCC2(Cc3ccccc31)OCCO2)Nc1ccc(OCc2ccccc2)cc1. The van der Waals surface area contributed by atoms with Crippen LogP contribution in [0.1, 0.15) is 17.5 Å². The third-order valence-corrected chi connectivity index (χ3v) is 6.09. The minimum Gasteiger partial charge on any atom is -0.489 e. The van der Waals surface area contributed by atoms with Gasteiger partial charge < -0.3 is 24.4 Å². The number of para-hydroxylation sites is 1. The summed E-state index contributed by atoms with van der Waals surface area (Å²) in [5, 5.41) is 3.00. The summed E-state index contributed by atoms with van der Waals surface area (Å²) in [6.45, 7) is 2.70. The van der Waals surface area contributed by atoms with E-state index in [9.17, 15) is 4.79 Å². The predicted molar refractivity (Wildman–Crippen MR) is 127 cm³/mol. The van der Waals surface area contributed by atoms with Gasteiger partial charge in [0.2, 0.25) is 5.91 Å². The molecule has 1 amide bonds. The zero-order valence-electron chi connectivity index (χ0n) is 18.5. The van der Waals surface area contributed by atoms with Crippen molar-refractivity contribution in [2.24, 2.45) is 0 Å². The first-order valence-corrected chi connectivity index (χ1v) is 11.4. The van der Waals surface area contributed by atoms with Gasteiger partial charge in [-0.15, -0.1) is 0 Å². The summed E-state index contributed by atoms with van der Waals surface area (Å²) in [4.78, 5) is 15.0. The van der Waals surface area contributed by atoms with Crippen LogP contribution in [0.4, 0.5) is 11.4 Å². The maximum absolute atomic E-state index is 12.9. The Hall–Kier alpha value is -3.35. The van der Waals surface area contributed by atoms with Gasteiger partial charge in [-0.3, -0.25) is 4.79 Å². The number of nitrogens with one attached hydrogen (secondary N) is 1. The van der Waals surface area contributed by atoms with Gasteiger partial charge in [0, 0.05) is 30.8 Å². The minimum atomic E-state index is -0.573. The Morgan fingerprint density at radius 2 is 1.67 bits per heavy atom. The van der Waals surface area contributed by atoms with Crippen LogP contribution < -0.4 is 15.0 Å². The molecule has 6 heteroatoms. The van der Waals surface area contributed by atoms with E-state index >= 15 is 0 Å². The first-order valence-electron chi connectivity index (χ1n) is 11.4. The third-order valence-electron chi connectivity index (χ3n) is 6.09. The van der Waals surface area contributed by atoms with Gasteiger partial charge in [0.25, 0.3) is 0 Å². The number of carbonyl (C=O) groups is 1. The maximum atomic E-state index is 12.9. The van der Waals surface area contributed by atoms with E-state index in [0.29, 0.717) is 32.8 Å². The molecule has 1 saturated heterocycles. The predicted octanol–water partition coefficient (Wildman–Crippen LogP) is 4.40. The fourth-order valence-corrected chi connectivity index (χ4v) is 4.43. The highest BCUT2D eigenvalue weighted by Crippen LogP contribution is 2.35. The maximum Gasteiger partial charge on any atom is 0.243 e. The van der Waals surface area contributed by atoms with Crippen molar-refractivity contribution in [3.8, 4) is 5.75 Å². The quantitative estimate of drug-likeness (QED) is 0.611. The highest BCUT2D eigenvalue weighted by atomic mass is 16.7. The molecule has 0 radical (unpaired) electrons. The summed E-state index contributed by atoms with van der Waals surface area (Å²) in [6, 6.07) is 25.7. The van der Waals surface area contributed by atoms with Crippen molar-refractivity contribution in [2.45, 2.75) is 25.2 Å². The molecule has 3 aromatic carbocycles. The van der Waals surface area contributed by atoms with Gasteiger partial charge in [-0.2, -0.15) is 0 Å². The van der Waals surface area contributed by atoms with Crippen LogP contribution in [0.15, 0.2) is 78.9 Å². The van der Waals surface area contributed by atoms with E-state index in [-0.39, 0.29) is 12.5 Å². The molecule has 0 atom stereocenters. The monoisotopic (exact) mass is 444 g/mol. The number of rotatable bonds is 6. The second-order valence-electron chi connectivity index (χ2n) is 8.43. The van der Waals surface area contributed by atoms with E-state index in [1.54, 1.807) is 0 Å². The van der Waals surface area contributed by atoms with Crippen LogP contribution in [-0.4, -0.2) is 38.0 Å². The largest absolute Gasteiger partial charge is 0.489 e. The molecule has 170 valence electrons. The molecular weight excluding hydrogens is 416 g/mol. The van der Waals surface area contributed by atoms with Gasteiger partial charge in [0.1, 0.15) is 12.4 Å². The Kier molecular flexibility index (Phi) is 6.28. The van der Waals surface area contributed by atoms with Crippen molar-refractivity contribution in [3.63, 3.8) is 0 Å². The van der Waals surface area contributed by atoms with Gasteiger partial charge in [0.05, 0.1) is 19.8 Å². The molecular formula is C27H28N2O4. The third kappa shape index (κ3) is 5.18. The van der Waals surface area contributed by atoms with Crippen LogP contribution in [0.2, 0.25) is 0 Å². The fraction of sp³-hybridized carbons (Fsp3) is 0.296. The molecule has 1 fully saturated rings. The Labute approximate surface area is 194 Å². The van der Waals surface area contributed by atoms with Crippen molar-refractivity contribution in [2.75, 3.05) is 36.5 Å². The molecule has 1 N–H and O–H groups in total. The number of hydrogen-bond acceptors (Lipinski definition) is 5. The minimum absolute atomic E-state index is 0.0630. The number of amides is 1. The van der Waals surface area contributed by atoms with Crippen molar-refractivity contribution < 1.29 is 19.0 Å². The molecule has 2 aliphatic heterocycles. The van der Waals surface area contributed by atoms with Crippen LogP contribution in [0.25, 0.3) is 0 Å². The smallest absolute Gasteiger partial charge is 0.243 e. The fourth-order valence-electron chi connectivity index (χ4n) is 4.43. The number of carbonyl (C=O) groups excluding carboxylic acids is 1. The molecule has 6 nitrogen and oxygen atoms in total. The van der Waals surface area contributed by atoms with E-state index in [0.717, 1.165) is 34.7 Å². The molecule has 2 aliphatic rings. The summed E-state index contributed by atoms with van der Waals surface area (Å²) in [5.41, 5.74) is 4.06. The van der Waals surface area contributed by atoms with Crippen LogP contribution in [0, 0.1) is 0 Å². The summed E-state index contributed by atoms with van der Waals surface area (Å²) >= 11 is 0. The number of anilines is 2. The van der Waals surface area contributed by atoms with Crippen molar-refractivity contribution in [1.29, 1.82) is 0 Å². The number of hydrogen-bond donors (Lipinski definition) is 1. The Bertz CT molecular complexity index is 1080. The molecule has 33 heavy (non-hydrogen) atoms. The Morgan fingerprint density at radius 1 is 0.939 bits per heavy atom. The zero-order chi connectivity index (χ0) is 22.5. The summed E-state index contributed by atoms with van der Waals surface area (Å²) < 4.78 is 17.8. The van der Waals surface area contributed by atoms with Gasteiger partial charge >= 0.3 is 0 Å². The van der Waals surface area contributed by atoms with Gasteiger partial charge in [-0.05, 0) is 41.5 Å². The van der Waals surface area contributed by atoms with Gasteiger partial charge in [-0.25, -0.2) is 0 Å². The molecule has 0 bridgehead atoms. The van der Waals surface area contributed by atoms with Crippen molar-refractivity contribution >= 4 is 17.3 Å². The molecule has 0 unspecified atom stereocenters. The standard InChI is InChI=1S/C27H28N2O4/c30-26(28-23-10-12-24(13-11-23)31-20-21-6-2-1-3-7-21)19-29-15-14-27(32-16-17-33-27)18-22-8-4-5-9-25(22)29/h1-13H,14-20H2,(H,28,30). The number of benzene rings is 3. The van der Waals surface area contributed by atoms with Crippen molar-refractivity contribution in [1.82, 2.24) is 0 Å². The highest BCUT2D eigenvalue weighted by molar-refractivity contribution is 5.94. The van der Waals surface area contributed by atoms with Gasteiger partial charge in [0.15, 0.2) is 5.79 Å². The molecule has 2 heterocycles. The average Bonchev–Trinajstić information content (AvgIpc) is 3.24. The molecule has 0 saturated carbocycles. The van der Waals surface area contributed by atoms with E-state index in [4.69, 9.17) is 14.2 Å². The average molecular weight is 445 g/mol. The molecule has 0 aliphatic carbocycles. The summed E-state index contributed by atoms with van der Waals surface area (Å²) in [7, 11) is 0. The van der Waals surface area contributed by atoms with Crippen molar-refractivity contribution in [3.05, 3.63) is 90.0 Å². The Morgan fingerprint density at radius 3 is 2.45 bits per heavy atom. The lowest BCUT2D eigenvalue weighted by Gasteiger charge is -2.26. The van der Waals surface area contributed by atoms with Gasteiger partial charge in [-0.1, -0.05) is 48.5 Å². The molecule has 1 spiro atoms. The lowest BCUT2D eigenvalue weighted by atomic mass is 10.0. The van der Waals surface area contributed by atoms with Crippen LogP contribution in [0.3, 0.4) is 0 Å². The summed E-state index contributed by atoms with van der Waals surface area (Å²) in [6.07, 6.45) is 1.42. The summed E-state index contributed by atoms with van der Waals surface area (Å²) in [5.74, 6) is 0.129. The normalized spacial score (nSPS) is 16.8. The Balaban J connectivity index is 1.20. The van der Waals surface area contributed by atoms with E-state index in [2.05, 4.69) is 22.3 Å². The van der Waals surface area contributed by atoms with Crippen LogP contribution >= 0.6 is 0 Å². The van der Waals surface area contributed by atoms with Crippen LogP contribution in [0.5, 0.6) is 5.75 Å². The zero-order valence-corrected chi connectivity index (χ0v) is 18.5. The first kappa shape index (κ1) is 21.5. The second kappa shape index (κ2) is 9.65. The molecule has 5 rings (SSSR count). The lowest BCUT2D eigenvalue weighted by molar-refractivity contribution is -0.158. The van der Waals surface area contributed by atoms with Crippen LogP contribution in [-0.2, 0) is 27.3 Å². The first-order chi connectivity index (χ1) is 16.2. The topological polar surface area (TPSA) is 60.0 Å². The second-order valence-corrected chi connectivity index (χ2v) is 8.43. The van der Waals surface area contributed by atoms with E-state index < -0.39 is 5.79 Å². The highest BCUT2D eigenvalue weighted by Gasteiger charge is 2.40. The number of nitrogens with zero attached hydrogens (tertiary/aromatic N) is 1. The van der Waals surface area contributed by atoms with E-state index in [1.807, 2.05) is 66.7 Å².